The van der Waals surface area contributed by atoms with E-state index in [0.29, 0.717) is 16.3 Å². The first-order valence-corrected chi connectivity index (χ1v) is 8.14. The summed E-state index contributed by atoms with van der Waals surface area (Å²) in [7, 11) is -0.919. The zero-order valence-corrected chi connectivity index (χ0v) is 13.2. The third-order valence-corrected chi connectivity index (χ3v) is 4.59. The molecule has 1 amide bonds. The SMILES string of the molecule is CC(CS(C)=O)NC(=O)c1ccc(I)c(Cl)c1. The summed E-state index contributed by atoms with van der Waals surface area (Å²) in [5, 5.41) is 3.34. The number of benzene rings is 1. The monoisotopic (exact) mass is 385 g/mol. The Morgan fingerprint density at radius 2 is 2.24 bits per heavy atom. The molecular weight excluding hydrogens is 373 g/mol. The summed E-state index contributed by atoms with van der Waals surface area (Å²) >= 11 is 8.04. The number of rotatable bonds is 4. The van der Waals surface area contributed by atoms with E-state index in [1.54, 1.807) is 24.5 Å². The van der Waals surface area contributed by atoms with Crippen molar-refractivity contribution >= 4 is 50.9 Å². The topological polar surface area (TPSA) is 46.2 Å². The van der Waals surface area contributed by atoms with E-state index in [2.05, 4.69) is 27.9 Å². The van der Waals surface area contributed by atoms with E-state index in [-0.39, 0.29) is 11.9 Å². The van der Waals surface area contributed by atoms with Crippen LogP contribution >= 0.6 is 34.2 Å². The minimum Gasteiger partial charge on any atom is -0.349 e. The lowest BCUT2D eigenvalue weighted by Crippen LogP contribution is -2.36. The van der Waals surface area contributed by atoms with E-state index >= 15 is 0 Å². The first-order valence-electron chi connectivity index (χ1n) is 4.96. The zero-order chi connectivity index (χ0) is 13.0. The molecule has 0 heterocycles. The fourth-order valence-corrected chi connectivity index (χ4v) is 2.64. The summed E-state index contributed by atoms with van der Waals surface area (Å²) in [6, 6.07) is 5.03. The molecule has 0 aliphatic rings. The largest absolute Gasteiger partial charge is 0.349 e. The first kappa shape index (κ1) is 14.9. The molecule has 0 aliphatic carbocycles. The Hall–Kier alpha value is -0.140. The normalized spacial score (nSPS) is 14.1. The average Bonchev–Trinajstić information content (AvgIpc) is 2.20. The Balaban J connectivity index is 2.70. The number of halogens is 2. The van der Waals surface area contributed by atoms with Gasteiger partial charge in [0.15, 0.2) is 0 Å². The van der Waals surface area contributed by atoms with Crippen LogP contribution in [0.3, 0.4) is 0 Å². The van der Waals surface area contributed by atoms with Crippen LogP contribution in [0.25, 0.3) is 0 Å². The summed E-state index contributed by atoms with van der Waals surface area (Å²) in [6.45, 7) is 1.83. The molecule has 17 heavy (non-hydrogen) atoms. The van der Waals surface area contributed by atoms with Crippen molar-refractivity contribution in [3.8, 4) is 0 Å². The van der Waals surface area contributed by atoms with Crippen molar-refractivity contribution in [2.75, 3.05) is 12.0 Å². The molecule has 0 aromatic heterocycles. The van der Waals surface area contributed by atoms with Crippen LogP contribution in [0.15, 0.2) is 18.2 Å². The van der Waals surface area contributed by atoms with Gasteiger partial charge in [-0.15, -0.1) is 0 Å². The van der Waals surface area contributed by atoms with Gasteiger partial charge in [0, 0.05) is 38.0 Å². The van der Waals surface area contributed by atoms with E-state index in [4.69, 9.17) is 11.6 Å². The maximum atomic E-state index is 11.8. The van der Waals surface area contributed by atoms with Crippen molar-refractivity contribution in [3.63, 3.8) is 0 Å². The molecule has 0 spiro atoms. The quantitative estimate of drug-likeness (QED) is 0.809. The van der Waals surface area contributed by atoms with Crippen molar-refractivity contribution in [2.45, 2.75) is 13.0 Å². The summed E-state index contributed by atoms with van der Waals surface area (Å²) in [5.41, 5.74) is 0.518. The second-order valence-electron chi connectivity index (χ2n) is 3.74. The highest BCUT2D eigenvalue weighted by Gasteiger charge is 2.11. The molecule has 1 aromatic rings. The molecule has 94 valence electrons. The fourth-order valence-electron chi connectivity index (χ4n) is 1.34. The smallest absolute Gasteiger partial charge is 0.251 e. The molecule has 0 radical (unpaired) electrons. The standard InChI is InChI=1S/C11H13ClINO2S/c1-7(6-17(2)16)14-11(15)8-3-4-10(13)9(12)5-8/h3-5,7H,6H2,1-2H3,(H,14,15). The summed E-state index contributed by atoms with van der Waals surface area (Å²) in [4.78, 5) is 11.8. The van der Waals surface area contributed by atoms with E-state index in [1.165, 1.54) is 0 Å². The lowest BCUT2D eigenvalue weighted by molar-refractivity contribution is 0.0943. The number of hydrogen-bond acceptors (Lipinski definition) is 2. The third-order valence-electron chi connectivity index (χ3n) is 2.04. The predicted molar refractivity (Wildman–Crippen MR) is 80.0 cm³/mol. The maximum absolute atomic E-state index is 11.8. The molecule has 0 aliphatic heterocycles. The van der Waals surface area contributed by atoms with Crippen molar-refractivity contribution in [2.24, 2.45) is 0 Å². The molecule has 6 heteroatoms. The molecule has 0 bridgehead atoms. The maximum Gasteiger partial charge on any atom is 0.251 e. The Kier molecular flexibility index (Phi) is 5.88. The van der Waals surface area contributed by atoms with Crippen LogP contribution < -0.4 is 5.32 Å². The predicted octanol–water partition coefficient (Wildman–Crippen LogP) is 2.44. The van der Waals surface area contributed by atoms with E-state index in [0.717, 1.165) is 3.57 Å². The number of carbonyl (C=O) groups is 1. The molecule has 2 unspecified atom stereocenters. The average molecular weight is 386 g/mol. The number of nitrogens with one attached hydrogen (secondary N) is 1. The van der Waals surface area contributed by atoms with Crippen molar-refractivity contribution < 1.29 is 9.00 Å². The minimum atomic E-state index is -0.919. The van der Waals surface area contributed by atoms with E-state index in [1.807, 2.05) is 6.92 Å². The molecule has 0 saturated heterocycles. The van der Waals surface area contributed by atoms with Crippen LogP contribution in [0.5, 0.6) is 0 Å². The second-order valence-corrected chi connectivity index (χ2v) is 6.79. The molecular formula is C11H13ClINO2S. The second kappa shape index (κ2) is 6.70. The third kappa shape index (κ3) is 4.93. The first-order chi connectivity index (χ1) is 7.90. The Morgan fingerprint density at radius 1 is 1.59 bits per heavy atom. The van der Waals surface area contributed by atoms with Gasteiger partial charge >= 0.3 is 0 Å². The highest BCUT2D eigenvalue weighted by atomic mass is 127. The number of hydrogen-bond donors (Lipinski definition) is 1. The van der Waals surface area contributed by atoms with Crippen molar-refractivity contribution in [3.05, 3.63) is 32.4 Å². The number of amides is 1. The van der Waals surface area contributed by atoms with Crippen LogP contribution in [0.4, 0.5) is 0 Å². The molecule has 1 aromatic carbocycles. The summed E-state index contributed by atoms with van der Waals surface area (Å²) < 4.78 is 11.9. The lowest BCUT2D eigenvalue weighted by atomic mass is 10.2. The van der Waals surface area contributed by atoms with E-state index < -0.39 is 10.8 Å². The Morgan fingerprint density at radius 3 is 2.76 bits per heavy atom. The minimum absolute atomic E-state index is 0.119. The van der Waals surface area contributed by atoms with Crippen LogP contribution in [-0.2, 0) is 10.8 Å². The van der Waals surface area contributed by atoms with Gasteiger partial charge in [0.05, 0.1) is 5.02 Å². The van der Waals surface area contributed by atoms with Crippen molar-refractivity contribution in [1.82, 2.24) is 5.32 Å². The Labute approximate surface area is 122 Å². The van der Waals surface area contributed by atoms with Crippen LogP contribution in [-0.4, -0.2) is 28.2 Å². The van der Waals surface area contributed by atoms with Gasteiger partial charge in [-0.1, -0.05) is 11.6 Å². The molecule has 0 saturated carbocycles. The molecule has 0 fully saturated rings. The van der Waals surface area contributed by atoms with Crippen LogP contribution in [0.2, 0.25) is 5.02 Å². The molecule has 1 N–H and O–H groups in total. The zero-order valence-electron chi connectivity index (χ0n) is 9.50. The van der Waals surface area contributed by atoms with Gasteiger partial charge < -0.3 is 5.32 Å². The van der Waals surface area contributed by atoms with Gasteiger partial charge in [-0.2, -0.15) is 0 Å². The van der Waals surface area contributed by atoms with Gasteiger partial charge in [-0.05, 0) is 47.7 Å². The molecule has 3 nitrogen and oxygen atoms in total. The lowest BCUT2D eigenvalue weighted by Gasteiger charge is -2.12. The molecule has 2 atom stereocenters. The van der Waals surface area contributed by atoms with Gasteiger partial charge in [0.25, 0.3) is 5.91 Å². The number of carbonyl (C=O) groups excluding carboxylic acids is 1. The summed E-state index contributed by atoms with van der Waals surface area (Å²) in [5.74, 6) is 0.255. The summed E-state index contributed by atoms with van der Waals surface area (Å²) in [6.07, 6.45) is 1.62. The molecule has 1 rings (SSSR count). The highest BCUT2D eigenvalue weighted by Crippen LogP contribution is 2.19. The van der Waals surface area contributed by atoms with Gasteiger partial charge in [0.1, 0.15) is 0 Å². The van der Waals surface area contributed by atoms with Gasteiger partial charge in [-0.3, -0.25) is 9.00 Å². The van der Waals surface area contributed by atoms with Crippen LogP contribution in [0.1, 0.15) is 17.3 Å². The fraction of sp³-hybridized carbons (Fsp3) is 0.364. The van der Waals surface area contributed by atoms with E-state index in [9.17, 15) is 9.00 Å². The van der Waals surface area contributed by atoms with Crippen LogP contribution in [0, 0.1) is 3.57 Å². The Bertz CT molecular complexity index is 453. The highest BCUT2D eigenvalue weighted by molar-refractivity contribution is 14.1. The van der Waals surface area contributed by atoms with Gasteiger partial charge in [0.2, 0.25) is 0 Å². The van der Waals surface area contributed by atoms with Gasteiger partial charge in [-0.25, -0.2) is 0 Å². The van der Waals surface area contributed by atoms with Crippen molar-refractivity contribution in [1.29, 1.82) is 0 Å².